The van der Waals surface area contributed by atoms with E-state index in [2.05, 4.69) is 53.3 Å². The van der Waals surface area contributed by atoms with E-state index in [1.165, 1.54) is 0 Å². The molecular formula is C18H8O2. The van der Waals surface area contributed by atoms with Crippen LogP contribution in [0.1, 0.15) is 22.0 Å². The van der Waals surface area contributed by atoms with E-state index in [1.807, 2.05) is 0 Å². The summed E-state index contributed by atoms with van der Waals surface area (Å²) in [6.07, 6.45) is 4.67. The summed E-state index contributed by atoms with van der Waals surface area (Å²) < 4.78 is 0. The normalized spacial score (nSPS) is 8.60. The number of carbonyl (C=O) groups excluding carboxylic acids is 1. The zero-order chi connectivity index (χ0) is 14.6. The van der Waals surface area contributed by atoms with Gasteiger partial charge in [-0.3, -0.25) is 4.79 Å². The van der Waals surface area contributed by atoms with Gasteiger partial charge in [0.25, 0.3) is 0 Å². The molecule has 0 aliphatic heterocycles. The maximum Gasteiger partial charge on any atom is 0.150 e. The van der Waals surface area contributed by atoms with Crippen molar-refractivity contribution < 1.29 is 9.90 Å². The average molecular weight is 256 g/mol. The number of hydrogen-bond acceptors (Lipinski definition) is 2. The van der Waals surface area contributed by atoms with E-state index in [0.29, 0.717) is 11.1 Å². The molecule has 1 aromatic rings. The fourth-order valence-electron chi connectivity index (χ4n) is 1.14. The lowest BCUT2D eigenvalue weighted by Gasteiger charge is -2.02. The minimum absolute atomic E-state index is 0.539. The standard InChI is InChI=1S/C18H8O2/c1-2-3-4-5-6-7-8-9-10-18(20)17-13-11-16(15-19)12-14-17/h1,11-15,18,20H. The molecule has 0 aliphatic carbocycles. The first-order valence-electron chi connectivity index (χ1n) is 5.47. The number of aldehydes is 1. The van der Waals surface area contributed by atoms with Crippen LogP contribution in [-0.2, 0) is 0 Å². The molecule has 0 fully saturated rings. The van der Waals surface area contributed by atoms with Crippen molar-refractivity contribution in [2.45, 2.75) is 6.10 Å². The molecule has 1 unspecified atom stereocenters. The summed E-state index contributed by atoms with van der Waals surface area (Å²) >= 11 is 0. The van der Waals surface area contributed by atoms with Crippen LogP contribution in [0.25, 0.3) is 0 Å². The highest BCUT2D eigenvalue weighted by atomic mass is 16.3. The molecule has 2 heteroatoms. The second-order valence-corrected chi connectivity index (χ2v) is 3.35. The first-order valence-corrected chi connectivity index (χ1v) is 5.47. The number of aliphatic hydroxyl groups excluding tert-OH is 1. The number of hydrogen-bond donors (Lipinski definition) is 1. The molecule has 0 spiro atoms. The highest BCUT2D eigenvalue weighted by Gasteiger charge is 2.02. The third-order valence-electron chi connectivity index (χ3n) is 2.04. The third-order valence-corrected chi connectivity index (χ3v) is 2.04. The van der Waals surface area contributed by atoms with Gasteiger partial charge in [-0.1, -0.05) is 30.2 Å². The van der Waals surface area contributed by atoms with Gasteiger partial charge in [-0.05, 0) is 52.9 Å². The predicted molar refractivity (Wildman–Crippen MR) is 76.7 cm³/mol. The lowest BCUT2D eigenvalue weighted by Crippen LogP contribution is -1.93. The molecule has 0 heterocycles. The van der Waals surface area contributed by atoms with Crippen LogP contribution in [0, 0.1) is 59.7 Å². The van der Waals surface area contributed by atoms with Gasteiger partial charge in [0.15, 0.2) is 0 Å². The molecule has 0 radical (unpaired) electrons. The van der Waals surface area contributed by atoms with Crippen LogP contribution in [0.3, 0.4) is 0 Å². The number of aliphatic hydroxyl groups is 1. The van der Waals surface area contributed by atoms with Gasteiger partial charge in [0, 0.05) is 5.56 Å². The minimum Gasteiger partial charge on any atom is -0.376 e. The Morgan fingerprint density at radius 2 is 1.50 bits per heavy atom. The molecule has 20 heavy (non-hydrogen) atoms. The van der Waals surface area contributed by atoms with Gasteiger partial charge in [-0.2, -0.15) is 0 Å². The Morgan fingerprint density at radius 3 is 2.05 bits per heavy atom. The number of benzene rings is 1. The van der Waals surface area contributed by atoms with Gasteiger partial charge in [-0.25, -0.2) is 0 Å². The zero-order valence-electron chi connectivity index (χ0n) is 10.4. The summed E-state index contributed by atoms with van der Waals surface area (Å²) in [7, 11) is 0. The van der Waals surface area contributed by atoms with Crippen LogP contribution in [0.2, 0.25) is 0 Å². The maximum absolute atomic E-state index is 10.5. The highest BCUT2D eigenvalue weighted by molar-refractivity contribution is 5.74. The molecule has 0 saturated carbocycles. The van der Waals surface area contributed by atoms with E-state index in [4.69, 9.17) is 6.42 Å². The molecule has 1 N–H and O–H groups in total. The van der Waals surface area contributed by atoms with Crippen LogP contribution in [0.5, 0.6) is 0 Å². The van der Waals surface area contributed by atoms with Crippen molar-refractivity contribution in [2.24, 2.45) is 0 Å². The minimum atomic E-state index is -0.959. The van der Waals surface area contributed by atoms with Crippen LogP contribution in [0.15, 0.2) is 24.3 Å². The summed E-state index contributed by atoms with van der Waals surface area (Å²) in [6, 6.07) is 6.47. The lowest BCUT2D eigenvalue weighted by molar-refractivity contribution is 0.112. The fourth-order valence-corrected chi connectivity index (χ4v) is 1.14. The number of carbonyl (C=O) groups is 1. The molecule has 1 aromatic carbocycles. The second-order valence-electron chi connectivity index (χ2n) is 3.35. The van der Waals surface area contributed by atoms with Gasteiger partial charge in [0.05, 0.1) is 0 Å². The smallest absolute Gasteiger partial charge is 0.150 e. The van der Waals surface area contributed by atoms with E-state index in [9.17, 15) is 9.90 Å². The Balaban J connectivity index is 2.67. The van der Waals surface area contributed by atoms with E-state index >= 15 is 0 Å². The van der Waals surface area contributed by atoms with Crippen molar-refractivity contribution >= 4 is 6.29 Å². The fraction of sp³-hybridized carbons (Fsp3) is 0.0556. The predicted octanol–water partition coefficient (Wildman–Crippen LogP) is 1.18. The van der Waals surface area contributed by atoms with Crippen molar-refractivity contribution in [3.63, 3.8) is 0 Å². The molecule has 0 saturated heterocycles. The Hall–Kier alpha value is -3.35. The molecule has 2 nitrogen and oxygen atoms in total. The number of terminal acetylenes is 1. The summed E-state index contributed by atoms with van der Waals surface area (Å²) in [5.74, 6) is 21.7. The molecular weight excluding hydrogens is 248 g/mol. The van der Waals surface area contributed by atoms with Crippen molar-refractivity contribution in [2.75, 3.05) is 0 Å². The van der Waals surface area contributed by atoms with Crippen LogP contribution in [-0.4, -0.2) is 11.4 Å². The summed E-state index contributed by atoms with van der Waals surface area (Å²) in [5.41, 5.74) is 1.13. The zero-order valence-corrected chi connectivity index (χ0v) is 10.4. The van der Waals surface area contributed by atoms with Gasteiger partial charge in [0.2, 0.25) is 0 Å². The second kappa shape index (κ2) is 8.70. The molecule has 0 bridgehead atoms. The molecule has 1 atom stereocenters. The van der Waals surface area contributed by atoms with Crippen LogP contribution >= 0.6 is 0 Å². The van der Waals surface area contributed by atoms with Crippen molar-refractivity contribution in [3.05, 3.63) is 35.4 Å². The molecule has 0 aliphatic rings. The topological polar surface area (TPSA) is 37.3 Å². The molecule has 1 rings (SSSR count). The summed E-state index contributed by atoms with van der Waals surface area (Å²) in [6.45, 7) is 0. The van der Waals surface area contributed by atoms with Gasteiger partial charge >= 0.3 is 0 Å². The first-order chi connectivity index (χ1) is 9.77. The van der Waals surface area contributed by atoms with E-state index < -0.39 is 6.10 Å². The Kier molecular flexibility index (Phi) is 6.40. The Morgan fingerprint density at radius 1 is 0.950 bits per heavy atom. The lowest BCUT2D eigenvalue weighted by atomic mass is 10.1. The van der Waals surface area contributed by atoms with Gasteiger partial charge in [0.1, 0.15) is 12.4 Å². The monoisotopic (exact) mass is 256 g/mol. The highest BCUT2D eigenvalue weighted by Crippen LogP contribution is 2.11. The number of rotatable bonds is 2. The quantitative estimate of drug-likeness (QED) is 0.637. The summed E-state index contributed by atoms with van der Waals surface area (Å²) in [4.78, 5) is 10.5. The van der Waals surface area contributed by atoms with E-state index in [1.54, 1.807) is 24.3 Å². The van der Waals surface area contributed by atoms with Gasteiger partial charge < -0.3 is 5.11 Å². The maximum atomic E-state index is 10.5. The SMILES string of the molecule is C#CC#CC#CC#CC#CC(O)c1ccc(C=O)cc1. The largest absolute Gasteiger partial charge is 0.376 e. The van der Waals surface area contributed by atoms with E-state index in [-0.39, 0.29) is 0 Å². The molecule has 0 amide bonds. The molecule has 92 valence electrons. The Labute approximate surface area is 118 Å². The molecule has 0 aromatic heterocycles. The van der Waals surface area contributed by atoms with Crippen molar-refractivity contribution in [1.29, 1.82) is 0 Å². The summed E-state index contributed by atoms with van der Waals surface area (Å²) in [5, 5.41) is 9.75. The third kappa shape index (κ3) is 5.32. The van der Waals surface area contributed by atoms with Crippen molar-refractivity contribution in [3.8, 4) is 59.7 Å². The van der Waals surface area contributed by atoms with Crippen LogP contribution in [0.4, 0.5) is 0 Å². The van der Waals surface area contributed by atoms with Crippen LogP contribution < -0.4 is 0 Å². The average Bonchev–Trinajstić information content (AvgIpc) is 2.50. The first kappa shape index (κ1) is 14.7. The van der Waals surface area contributed by atoms with E-state index in [0.717, 1.165) is 6.29 Å². The van der Waals surface area contributed by atoms with Gasteiger partial charge in [-0.15, -0.1) is 6.42 Å². The Bertz CT molecular complexity index is 762. The van der Waals surface area contributed by atoms with Crippen molar-refractivity contribution in [1.82, 2.24) is 0 Å².